The van der Waals surface area contributed by atoms with Crippen molar-refractivity contribution in [2.45, 2.75) is 31.7 Å². The molecule has 0 radical (unpaired) electrons. The first-order valence-electron chi connectivity index (χ1n) is 8.70. The highest BCUT2D eigenvalue weighted by Crippen LogP contribution is 2.26. The molecule has 1 aliphatic rings. The van der Waals surface area contributed by atoms with Gasteiger partial charge in [0.2, 0.25) is 11.9 Å². The Balaban J connectivity index is 1.54. The Kier molecular flexibility index (Phi) is 5.82. The Bertz CT molecular complexity index is 693. The van der Waals surface area contributed by atoms with Crippen LogP contribution in [0.3, 0.4) is 0 Å². The smallest absolute Gasteiger partial charge is 0.224 e. The summed E-state index contributed by atoms with van der Waals surface area (Å²) >= 11 is 0. The lowest BCUT2D eigenvalue weighted by atomic mass is 10.0. The number of amides is 1. The Morgan fingerprint density at radius 3 is 2.88 bits per heavy atom. The van der Waals surface area contributed by atoms with Crippen molar-refractivity contribution in [2.75, 3.05) is 25.5 Å². The zero-order chi connectivity index (χ0) is 17.5. The number of para-hydroxylation sites is 1. The van der Waals surface area contributed by atoms with Crippen molar-refractivity contribution in [3.63, 3.8) is 0 Å². The molecule has 1 N–H and O–H groups in total. The van der Waals surface area contributed by atoms with Crippen LogP contribution in [-0.2, 0) is 11.2 Å². The minimum atomic E-state index is 0.181. The van der Waals surface area contributed by atoms with Gasteiger partial charge >= 0.3 is 0 Å². The van der Waals surface area contributed by atoms with Crippen LogP contribution >= 0.6 is 0 Å². The number of nitrogens with zero attached hydrogens (tertiary/aromatic N) is 3. The number of carbonyl (C=O) groups is 1. The van der Waals surface area contributed by atoms with Gasteiger partial charge in [-0.2, -0.15) is 0 Å². The zero-order valence-corrected chi connectivity index (χ0v) is 14.5. The van der Waals surface area contributed by atoms with Gasteiger partial charge < -0.3 is 15.0 Å². The normalized spacial score (nSPS) is 16.7. The van der Waals surface area contributed by atoms with E-state index >= 15 is 0 Å². The quantitative estimate of drug-likeness (QED) is 0.839. The van der Waals surface area contributed by atoms with E-state index in [-0.39, 0.29) is 11.9 Å². The summed E-state index contributed by atoms with van der Waals surface area (Å²) in [5.74, 6) is 1.63. The van der Waals surface area contributed by atoms with Crippen molar-refractivity contribution in [1.29, 1.82) is 0 Å². The predicted octanol–water partition coefficient (Wildman–Crippen LogP) is 2.52. The van der Waals surface area contributed by atoms with Crippen molar-refractivity contribution >= 4 is 11.9 Å². The van der Waals surface area contributed by atoms with Crippen LogP contribution in [0.25, 0.3) is 0 Å². The Morgan fingerprint density at radius 2 is 2.08 bits per heavy atom. The third kappa shape index (κ3) is 4.47. The van der Waals surface area contributed by atoms with E-state index < -0.39 is 0 Å². The summed E-state index contributed by atoms with van der Waals surface area (Å²) in [7, 11) is 1.69. The Morgan fingerprint density at radius 1 is 1.28 bits per heavy atom. The van der Waals surface area contributed by atoms with Gasteiger partial charge in [-0.1, -0.05) is 18.2 Å². The molecule has 0 bridgehead atoms. The molecule has 0 unspecified atom stereocenters. The van der Waals surface area contributed by atoms with E-state index in [0.29, 0.717) is 18.9 Å². The molecule has 1 fully saturated rings. The number of aromatic nitrogens is 2. The third-order valence-electron chi connectivity index (χ3n) is 4.53. The van der Waals surface area contributed by atoms with Crippen LogP contribution in [-0.4, -0.2) is 47.0 Å². The molecule has 0 saturated carbocycles. The second-order valence-corrected chi connectivity index (χ2v) is 6.15. The largest absolute Gasteiger partial charge is 0.496 e. The minimum absolute atomic E-state index is 0.181. The van der Waals surface area contributed by atoms with Gasteiger partial charge in [-0.25, -0.2) is 9.97 Å². The topological polar surface area (TPSA) is 67.3 Å². The van der Waals surface area contributed by atoms with Crippen LogP contribution in [0.2, 0.25) is 0 Å². The second-order valence-electron chi connectivity index (χ2n) is 6.15. The van der Waals surface area contributed by atoms with E-state index in [1.807, 2.05) is 23.1 Å². The number of nitrogens with one attached hydrogen (secondary N) is 1. The molecule has 25 heavy (non-hydrogen) atoms. The lowest BCUT2D eigenvalue weighted by Crippen LogP contribution is -2.37. The lowest BCUT2D eigenvalue weighted by molar-refractivity contribution is -0.131. The molecule has 1 aliphatic heterocycles. The number of anilines is 1. The molecular weight excluding hydrogens is 316 g/mol. The van der Waals surface area contributed by atoms with Crippen LogP contribution in [0, 0.1) is 0 Å². The van der Waals surface area contributed by atoms with Crippen molar-refractivity contribution in [1.82, 2.24) is 14.9 Å². The maximum Gasteiger partial charge on any atom is 0.224 e. The second kappa shape index (κ2) is 8.46. The molecular formula is C19H24N4O2. The van der Waals surface area contributed by atoms with Gasteiger partial charge in [-0.3, -0.25) is 4.79 Å². The van der Waals surface area contributed by atoms with Gasteiger partial charge in [0, 0.05) is 37.9 Å². The van der Waals surface area contributed by atoms with Gasteiger partial charge in [0.1, 0.15) is 5.75 Å². The molecule has 2 aromatic rings. The molecule has 2 heterocycles. The molecule has 0 aliphatic carbocycles. The van der Waals surface area contributed by atoms with E-state index in [1.165, 1.54) is 0 Å². The maximum absolute atomic E-state index is 12.6. The summed E-state index contributed by atoms with van der Waals surface area (Å²) in [4.78, 5) is 22.8. The summed E-state index contributed by atoms with van der Waals surface area (Å²) in [5, 5.41) is 3.09. The number of hydrogen-bond donors (Lipinski definition) is 1. The standard InChI is InChI=1S/C19H24N4O2/c1-25-17-8-3-2-6-15(17)14-16-7-4-13-23(16)18(24)9-12-22-19-20-10-5-11-21-19/h2-3,5-6,8,10-11,16H,4,7,9,12-14H2,1H3,(H,20,21,22)/t16-/m0/s1. The van der Waals surface area contributed by atoms with E-state index in [1.54, 1.807) is 25.6 Å². The Hall–Kier alpha value is -2.63. The van der Waals surface area contributed by atoms with Crippen LogP contribution in [0.5, 0.6) is 5.75 Å². The first-order valence-corrected chi connectivity index (χ1v) is 8.70. The highest BCUT2D eigenvalue weighted by atomic mass is 16.5. The van der Waals surface area contributed by atoms with Gasteiger partial charge in [-0.15, -0.1) is 0 Å². The van der Waals surface area contributed by atoms with Gasteiger partial charge in [0.15, 0.2) is 0 Å². The average molecular weight is 340 g/mol. The first-order chi connectivity index (χ1) is 12.3. The molecule has 1 saturated heterocycles. The van der Waals surface area contributed by atoms with Crippen LogP contribution in [0.4, 0.5) is 5.95 Å². The molecule has 6 nitrogen and oxygen atoms in total. The molecule has 0 spiro atoms. The summed E-state index contributed by atoms with van der Waals surface area (Å²) in [5.41, 5.74) is 1.16. The molecule has 3 rings (SSSR count). The number of likely N-dealkylation sites (tertiary alicyclic amines) is 1. The lowest BCUT2D eigenvalue weighted by Gasteiger charge is -2.25. The van der Waals surface area contributed by atoms with E-state index in [0.717, 1.165) is 37.1 Å². The van der Waals surface area contributed by atoms with Gasteiger partial charge in [0.25, 0.3) is 0 Å². The van der Waals surface area contributed by atoms with Crippen molar-refractivity contribution < 1.29 is 9.53 Å². The number of benzene rings is 1. The Labute approximate surface area is 148 Å². The highest BCUT2D eigenvalue weighted by Gasteiger charge is 2.29. The zero-order valence-electron chi connectivity index (χ0n) is 14.5. The van der Waals surface area contributed by atoms with E-state index in [9.17, 15) is 4.79 Å². The number of methoxy groups -OCH3 is 1. The van der Waals surface area contributed by atoms with Gasteiger partial charge in [-0.05, 0) is 37.0 Å². The SMILES string of the molecule is COc1ccccc1C[C@@H]1CCCN1C(=O)CCNc1ncccn1. The van der Waals surface area contributed by atoms with Crippen LogP contribution in [0.1, 0.15) is 24.8 Å². The summed E-state index contributed by atoms with van der Waals surface area (Å²) in [6, 6.07) is 10.0. The highest BCUT2D eigenvalue weighted by molar-refractivity contribution is 5.77. The van der Waals surface area contributed by atoms with Crippen molar-refractivity contribution in [3.8, 4) is 5.75 Å². The van der Waals surface area contributed by atoms with Crippen molar-refractivity contribution in [3.05, 3.63) is 48.3 Å². The fourth-order valence-corrected chi connectivity index (χ4v) is 3.32. The fourth-order valence-electron chi connectivity index (χ4n) is 3.32. The molecule has 1 atom stereocenters. The van der Waals surface area contributed by atoms with Gasteiger partial charge in [0.05, 0.1) is 7.11 Å². The molecule has 132 valence electrons. The molecule has 1 aromatic carbocycles. The summed E-state index contributed by atoms with van der Waals surface area (Å²) < 4.78 is 5.44. The van der Waals surface area contributed by atoms with Crippen LogP contribution in [0.15, 0.2) is 42.7 Å². The number of ether oxygens (including phenoxy) is 1. The summed E-state index contributed by atoms with van der Waals surface area (Å²) in [6.07, 6.45) is 6.74. The molecule has 6 heteroatoms. The monoisotopic (exact) mass is 340 g/mol. The van der Waals surface area contributed by atoms with Crippen LogP contribution < -0.4 is 10.1 Å². The molecule has 1 aromatic heterocycles. The third-order valence-corrected chi connectivity index (χ3v) is 4.53. The average Bonchev–Trinajstić information content (AvgIpc) is 3.11. The van der Waals surface area contributed by atoms with Crippen molar-refractivity contribution in [2.24, 2.45) is 0 Å². The summed E-state index contributed by atoms with van der Waals surface area (Å²) in [6.45, 7) is 1.38. The fraction of sp³-hybridized carbons (Fsp3) is 0.421. The number of hydrogen-bond acceptors (Lipinski definition) is 5. The first kappa shape index (κ1) is 17.2. The molecule has 1 amide bonds. The maximum atomic E-state index is 12.6. The minimum Gasteiger partial charge on any atom is -0.496 e. The predicted molar refractivity (Wildman–Crippen MR) is 96.6 cm³/mol. The van der Waals surface area contributed by atoms with E-state index in [4.69, 9.17) is 4.74 Å². The number of carbonyl (C=O) groups excluding carboxylic acids is 1. The van der Waals surface area contributed by atoms with E-state index in [2.05, 4.69) is 21.4 Å². The number of rotatable bonds is 7.